The highest BCUT2D eigenvalue weighted by molar-refractivity contribution is 5.65. The number of ether oxygens (including phenoxy) is 1. The van der Waals surface area contributed by atoms with Gasteiger partial charge in [-0.1, -0.05) is 0 Å². The minimum atomic E-state index is 0.716. The zero-order chi connectivity index (χ0) is 20.5. The molecule has 3 aromatic rings. The molecule has 0 spiro atoms. The van der Waals surface area contributed by atoms with Gasteiger partial charge in [0, 0.05) is 43.1 Å². The Kier molecular flexibility index (Phi) is 4.92. The van der Waals surface area contributed by atoms with Crippen LogP contribution in [0.25, 0.3) is 11.4 Å². The zero-order valence-corrected chi connectivity index (χ0v) is 17.3. The maximum Gasteiger partial charge on any atom is 0.161 e. The van der Waals surface area contributed by atoms with Crippen LogP contribution >= 0.6 is 0 Å². The van der Waals surface area contributed by atoms with Gasteiger partial charge in [-0.3, -0.25) is 0 Å². The summed E-state index contributed by atoms with van der Waals surface area (Å²) in [5.74, 6) is 3.48. The molecule has 30 heavy (non-hydrogen) atoms. The molecule has 0 unspecified atom stereocenters. The van der Waals surface area contributed by atoms with E-state index >= 15 is 0 Å². The van der Waals surface area contributed by atoms with E-state index in [0.717, 1.165) is 73.1 Å². The molecule has 8 heteroatoms. The first-order valence-corrected chi connectivity index (χ1v) is 10.3. The van der Waals surface area contributed by atoms with Crippen LogP contribution in [0.1, 0.15) is 17.1 Å². The number of nitrogens with one attached hydrogen (secondary N) is 1. The van der Waals surface area contributed by atoms with Crippen LogP contribution in [0.5, 0.6) is 0 Å². The van der Waals surface area contributed by atoms with Crippen molar-refractivity contribution in [2.45, 2.75) is 20.0 Å². The summed E-state index contributed by atoms with van der Waals surface area (Å²) in [4.78, 5) is 23.4. The van der Waals surface area contributed by atoms with Crippen molar-refractivity contribution < 1.29 is 4.74 Å². The smallest absolute Gasteiger partial charge is 0.161 e. The van der Waals surface area contributed by atoms with Crippen LogP contribution in [0.2, 0.25) is 0 Å². The van der Waals surface area contributed by atoms with Crippen LogP contribution in [0.15, 0.2) is 36.5 Å². The van der Waals surface area contributed by atoms with Crippen LogP contribution in [0, 0.1) is 6.92 Å². The molecule has 0 amide bonds. The van der Waals surface area contributed by atoms with E-state index in [4.69, 9.17) is 14.7 Å². The topological polar surface area (TPSA) is 79.3 Å². The van der Waals surface area contributed by atoms with Gasteiger partial charge in [-0.15, -0.1) is 0 Å². The van der Waals surface area contributed by atoms with E-state index in [1.165, 1.54) is 5.56 Å². The summed E-state index contributed by atoms with van der Waals surface area (Å²) in [5.41, 5.74) is 4.33. The van der Waals surface area contributed by atoms with E-state index in [0.29, 0.717) is 6.54 Å². The average Bonchev–Trinajstić information content (AvgIpc) is 3.23. The van der Waals surface area contributed by atoms with E-state index in [2.05, 4.69) is 49.4 Å². The zero-order valence-electron chi connectivity index (χ0n) is 17.3. The second kappa shape index (κ2) is 7.87. The van der Waals surface area contributed by atoms with Crippen LogP contribution in [0.3, 0.4) is 0 Å². The molecule has 1 saturated heterocycles. The molecule has 1 fully saturated rings. The van der Waals surface area contributed by atoms with Gasteiger partial charge in [0.15, 0.2) is 5.82 Å². The maximum absolute atomic E-state index is 5.57. The Morgan fingerprint density at radius 2 is 1.73 bits per heavy atom. The van der Waals surface area contributed by atoms with Crippen molar-refractivity contribution in [3.63, 3.8) is 0 Å². The number of hydrogen-bond donors (Lipinski definition) is 1. The summed E-state index contributed by atoms with van der Waals surface area (Å²) in [5, 5.41) is 3.16. The maximum atomic E-state index is 5.57. The quantitative estimate of drug-likeness (QED) is 0.712. The first kappa shape index (κ1) is 18.7. The lowest BCUT2D eigenvalue weighted by molar-refractivity contribution is 0.122. The Bertz CT molecular complexity index is 1050. The number of hydrogen-bond acceptors (Lipinski definition) is 8. The lowest BCUT2D eigenvalue weighted by atomic mass is 10.1. The van der Waals surface area contributed by atoms with Crippen LogP contribution in [0.4, 0.5) is 17.3 Å². The third-order valence-electron chi connectivity index (χ3n) is 5.59. The highest BCUT2D eigenvalue weighted by Gasteiger charge is 2.29. The van der Waals surface area contributed by atoms with Crippen molar-refractivity contribution in [3.05, 3.63) is 53.6 Å². The number of fused-ring (bicyclic) bond motifs is 1. The minimum Gasteiger partial charge on any atom is -0.388 e. The number of morpholine rings is 1. The molecule has 0 bridgehead atoms. The lowest BCUT2D eigenvalue weighted by Crippen LogP contribution is -2.37. The van der Waals surface area contributed by atoms with Crippen molar-refractivity contribution in [1.29, 1.82) is 0 Å². The number of aromatic nitrogens is 4. The molecule has 0 radical (unpaired) electrons. The molecule has 1 aromatic carbocycles. The van der Waals surface area contributed by atoms with E-state index in [-0.39, 0.29) is 0 Å². The van der Waals surface area contributed by atoms with Gasteiger partial charge in [0.1, 0.15) is 17.5 Å². The van der Waals surface area contributed by atoms with Gasteiger partial charge in [0.05, 0.1) is 32.0 Å². The Balaban J connectivity index is 1.55. The Labute approximate surface area is 176 Å². The largest absolute Gasteiger partial charge is 0.388 e. The summed E-state index contributed by atoms with van der Waals surface area (Å²) in [7, 11) is 1.92. The van der Waals surface area contributed by atoms with E-state index in [1.807, 2.05) is 26.2 Å². The highest BCUT2D eigenvalue weighted by atomic mass is 16.5. The first-order chi connectivity index (χ1) is 14.7. The average molecular weight is 403 g/mol. The summed E-state index contributed by atoms with van der Waals surface area (Å²) in [6, 6.07) is 10.2. The number of nitrogens with zero attached hydrogens (tertiary/aromatic N) is 6. The molecule has 154 valence electrons. The van der Waals surface area contributed by atoms with Gasteiger partial charge in [0.2, 0.25) is 0 Å². The molecule has 0 saturated carbocycles. The second-order valence-corrected chi connectivity index (χ2v) is 7.54. The Hall–Kier alpha value is -3.26. The minimum absolute atomic E-state index is 0.716. The summed E-state index contributed by atoms with van der Waals surface area (Å²) in [6.07, 6.45) is 1.81. The second-order valence-electron chi connectivity index (χ2n) is 7.54. The van der Waals surface area contributed by atoms with Crippen LogP contribution in [-0.4, -0.2) is 53.3 Å². The van der Waals surface area contributed by atoms with Gasteiger partial charge in [-0.2, -0.15) is 0 Å². The van der Waals surface area contributed by atoms with E-state index in [1.54, 1.807) is 0 Å². The number of anilines is 3. The summed E-state index contributed by atoms with van der Waals surface area (Å²) >= 11 is 0. The molecular formula is C22H25N7O. The Morgan fingerprint density at radius 3 is 2.47 bits per heavy atom. The first-order valence-electron chi connectivity index (χ1n) is 10.3. The third-order valence-corrected chi connectivity index (χ3v) is 5.59. The molecule has 0 aliphatic carbocycles. The van der Waals surface area contributed by atoms with Gasteiger partial charge < -0.3 is 19.9 Å². The normalized spacial score (nSPS) is 15.9. The van der Waals surface area contributed by atoms with Crippen molar-refractivity contribution in [2.24, 2.45) is 0 Å². The predicted octanol–water partition coefficient (Wildman–Crippen LogP) is 2.64. The standard InChI is InChI=1S/C22H25N7O/c1-15-24-8-7-20(25-15)29-13-18-19(14-29)26-21(16-3-5-17(23-2)6-4-16)27-22(18)28-9-11-30-12-10-28/h3-8,23H,9-14H2,1-2H3. The summed E-state index contributed by atoms with van der Waals surface area (Å²) in [6.45, 7) is 6.51. The van der Waals surface area contributed by atoms with Crippen molar-refractivity contribution >= 4 is 17.3 Å². The van der Waals surface area contributed by atoms with Gasteiger partial charge in [0.25, 0.3) is 0 Å². The molecule has 2 aliphatic rings. The van der Waals surface area contributed by atoms with Gasteiger partial charge >= 0.3 is 0 Å². The van der Waals surface area contributed by atoms with Gasteiger partial charge in [-0.05, 0) is 37.3 Å². The lowest BCUT2D eigenvalue weighted by Gasteiger charge is -2.29. The number of benzene rings is 1. The van der Waals surface area contributed by atoms with Crippen LogP contribution < -0.4 is 15.1 Å². The summed E-state index contributed by atoms with van der Waals surface area (Å²) < 4.78 is 5.57. The monoisotopic (exact) mass is 403 g/mol. The molecule has 2 aliphatic heterocycles. The van der Waals surface area contributed by atoms with Crippen molar-refractivity contribution in [1.82, 2.24) is 19.9 Å². The molecule has 5 rings (SSSR count). The van der Waals surface area contributed by atoms with E-state index < -0.39 is 0 Å². The van der Waals surface area contributed by atoms with Crippen LogP contribution in [-0.2, 0) is 17.8 Å². The molecule has 2 aromatic heterocycles. The third kappa shape index (κ3) is 3.54. The molecule has 1 N–H and O–H groups in total. The Morgan fingerprint density at radius 1 is 0.933 bits per heavy atom. The molecule has 8 nitrogen and oxygen atoms in total. The fourth-order valence-corrected chi connectivity index (χ4v) is 3.97. The molecule has 4 heterocycles. The number of aryl methyl sites for hydroxylation is 1. The van der Waals surface area contributed by atoms with Crippen molar-refractivity contribution in [2.75, 3.05) is 48.5 Å². The number of rotatable bonds is 4. The molecule has 0 atom stereocenters. The van der Waals surface area contributed by atoms with Gasteiger partial charge in [-0.25, -0.2) is 19.9 Å². The fraction of sp³-hybridized carbons (Fsp3) is 0.364. The molecular weight excluding hydrogens is 378 g/mol. The predicted molar refractivity (Wildman–Crippen MR) is 117 cm³/mol. The SMILES string of the molecule is CNc1ccc(-c2nc3c(c(N4CCOCC4)n2)CN(c2ccnc(C)n2)C3)cc1. The van der Waals surface area contributed by atoms with Crippen molar-refractivity contribution in [3.8, 4) is 11.4 Å². The van der Waals surface area contributed by atoms with E-state index in [9.17, 15) is 0 Å². The fourth-order valence-electron chi connectivity index (χ4n) is 3.97. The highest BCUT2D eigenvalue weighted by Crippen LogP contribution is 2.34.